The van der Waals surface area contributed by atoms with Crippen LogP contribution in [-0.4, -0.2) is 32.8 Å². The number of rotatable bonds is 5. The second-order valence-electron chi connectivity index (χ2n) is 5.92. The molecule has 6 heteroatoms. The van der Waals surface area contributed by atoms with Crippen molar-refractivity contribution in [3.8, 4) is 0 Å². The second-order valence-corrected chi connectivity index (χ2v) is 5.92. The van der Waals surface area contributed by atoms with E-state index in [1.165, 1.54) is 0 Å². The molecular formula is C17H19N3O3. The maximum absolute atomic E-state index is 12.2. The Morgan fingerprint density at radius 1 is 1.26 bits per heavy atom. The third kappa shape index (κ3) is 3.77. The molecule has 1 aromatic heterocycles. The summed E-state index contributed by atoms with van der Waals surface area (Å²) < 4.78 is 1.82. The molecule has 1 fully saturated rings. The number of aliphatic carboxylic acids is 1. The van der Waals surface area contributed by atoms with Gasteiger partial charge in [-0.3, -0.25) is 14.3 Å². The van der Waals surface area contributed by atoms with Gasteiger partial charge in [-0.2, -0.15) is 5.10 Å². The lowest BCUT2D eigenvalue weighted by Gasteiger charge is -2.12. The van der Waals surface area contributed by atoms with Crippen LogP contribution in [0.4, 0.5) is 0 Å². The molecule has 2 aromatic rings. The van der Waals surface area contributed by atoms with Crippen LogP contribution >= 0.6 is 0 Å². The Hall–Kier alpha value is -2.63. The highest BCUT2D eigenvalue weighted by atomic mass is 16.4. The molecule has 2 atom stereocenters. The first-order chi connectivity index (χ1) is 11.1. The van der Waals surface area contributed by atoms with E-state index < -0.39 is 5.97 Å². The number of carbonyl (C=O) groups excluding carboxylic acids is 1. The molecule has 1 heterocycles. The molecule has 0 saturated heterocycles. The summed E-state index contributed by atoms with van der Waals surface area (Å²) in [4.78, 5) is 23.2. The minimum Gasteiger partial charge on any atom is -0.481 e. The van der Waals surface area contributed by atoms with Crippen LogP contribution < -0.4 is 5.32 Å². The number of aromatic nitrogens is 2. The summed E-state index contributed by atoms with van der Waals surface area (Å²) in [5.74, 6) is -1.26. The van der Waals surface area contributed by atoms with Gasteiger partial charge in [0, 0.05) is 24.0 Å². The lowest BCUT2D eigenvalue weighted by molar-refractivity contribution is -0.141. The zero-order valence-corrected chi connectivity index (χ0v) is 12.7. The molecule has 1 aromatic carbocycles. The lowest BCUT2D eigenvalue weighted by Crippen LogP contribution is -2.33. The number of carbonyl (C=O) groups is 2. The molecular weight excluding hydrogens is 294 g/mol. The number of nitrogens with zero attached hydrogens (tertiary/aromatic N) is 2. The molecule has 0 spiro atoms. The van der Waals surface area contributed by atoms with Gasteiger partial charge in [0.15, 0.2) is 0 Å². The third-order valence-corrected chi connectivity index (χ3v) is 4.24. The van der Waals surface area contributed by atoms with Crippen molar-refractivity contribution in [2.24, 2.45) is 5.92 Å². The largest absolute Gasteiger partial charge is 0.481 e. The smallest absolute Gasteiger partial charge is 0.306 e. The van der Waals surface area contributed by atoms with Crippen LogP contribution in [-0.2, 0) is 11.3 Å². The number of amides is 1. The molecule has 120 valence electrons. The van der Waals surface area contributed by atoms with Crippen LogP contribution in [0.2, 0.25) is 0 Å². The first kappa shape index (κ1) is 15.3. The molecule has 2 N–H and O–H groups in total. The number of carboxylic acid groups (broad SMARTS) is 1. The van der Waals surface area contributed by atoms with Crippen LogP contribution in [0.1, 0.15) is 35.2 Å². The Morgan fingerprint density at radius 2 is 2.04 bits per heavy atom. The summed E-state index contributed by atoms with van der Waals surface area (Å²) >= 11 is 0. The summed E-state index contributed by atoms with van der Waals surface area (Å²) in [5, 5.41) is 16.1. The van der Waals surface area contributed by atoms with Gasteiger partial charge >= 0.3 is 5.97 Å². The molecule has 0 radical (unpaired) electrons. The standard InChI is InChI=1S/C17H19N3O3/c21-16(19-15-7-6-14(10-15)17(22)23)13-4-2-12(3-5-13)11-20-9-1-8-18-20/h1-5,8-9,14-15H,6-7,10-11H2,(H,19,21)(H,22,23)/t14-,15+/m0/s1. The highest BCUT2D eigenvalue weighted by molar-refractivity contribution is 5.94. The highest BCUT2D eigenvalue weighted by Gasteiger charge is 2.30. The van der Waals surface area contributed by atoms with Gasteiger partial charge in [-0.1, -0.05) is 12.1 Å². The van der Waals surface area contributed by atoms with Crippen LogP contribution in [0.3, 0.4) is 0 Å². The van der Waals surface area contributed by atoms with Crippen LogP contribution in [0.15, 0.2) is 42.7 Å². The van der Waals surface area contributed by atoms with Crippen molar-refractivity contribution in [1.82, 2.24) is 15.1 Å². The number of carboxylic acids is 1. The monoisotopic (exact) mass is 313 g/mol. The van der Waals surface area contributed by atoms with Crippen LogP contribution in [0.5, 0.6) is 0 Å². The van der Waals surface area contributed by atoms with E-state index in [2.05, 4.69) is 10.4 Å². The molecule has 6 nitrogen and oxygen atoms in total. The Labute approximate surface area is 134 Å². The molecule has 1 amide bonds. The summed E-state index contributed by atoms with van der Waals surface area (Å²) in [6.45, 7) is 0.664. The number of benzene rings is 1. The molecule has 0 bridgehead atoms. The fourth-order valence-corrected chi connectivity index (χ4v) is 2.95. The van der Waals surface area contributed by atoms with Gasteiger partial charge in [0.05, 0.1) is 12.5 Å². The van der Waals surface area contributed by atoms with Gasteiger partial charge in [-0.15, -0.1) is 0 Å². The van der Waals surface area contributed by atoms with Gasteiger partial charge in [0.25, 0.3) is 5.91 Å². The van der Waals surface area contributed by atoms with Crippen molar-refractivity contribution in [2.45, 2.75) is 31.8 Å². The van der Waals surface area contributed by atoms with E-state index in [4.69, 9.17) is 5.11 Å². The van der Waals surface area contributed by atoms with Crippen molar-refractivity contribution < 1.29 is 14.7 Å². The van der Waals surface area contributed by atoms with E-state index in [0.717, 1.165) is 12.0 Å². The SMILES string of the molecule is O=C(N[C@@H]1CC[C@H](C(=O)O)C1)c1ccc(Cn2cccn2)cc1. The van der Waals surface area contributed by atoms with E-state index in [-0.39, 0.29) is 17.9 Å². The van der Waals surface area contributed by atoms with E-state index in [1.54, 1.807) is 18.3 Å². The van der Waals surface area contributed by atoms with Crippen molar-refractivity contribution in [3.05, 3.63) is 53.9 Å². The topological polar surface area (TPSA) is 84.2 Å². The van der Waals surface area contributed by atoms with Crippen molar-refractivity contribution >= 4 is 11.9 Å². The zero-order chi connectivity index (χ0) is 16.2. The second kappa shape index (κ2) is 6.64. The maximum Gasteiger partial charge on any atom is 0.306 e. The van der Waals surface area contributed by atoms with E-state index in [0.29, 0.717) is 24.9 Å². The number of nitrogens with one attached hydrogen (secondary N) is 1. The van der Waals surface area contributed by atoms with Crippen molar-refractivity contribution in [3.63, 3.8) is 0 Å². The van der Waals surface area contributed by atoms with Gasteiger partial charge in [0.2, 0.25) is 0 Å². The molecule has 0 aliphatic heterocycles. The van der Waals surface area contributed by atoms with Crippen LogP contribution in [0, 0.1) is 5.92 Å². The zero-order valence-electron chi connectivity index (χ0n) is 12.7. The van der Waals surface area contributed by atoms with E-state index in [1.807, 2.05) is 29.1 Å². The van der Waals surface area contributed by atoms with Crippen molar-refractivity contribution in [1.29, 1.82) is 0 Å². The maximum atomic E-state index is 12.2. The first-order valence-electron chi connectivity index (χ1n) is 7.72. The van der Waals surface area contributed by atoms with Gasteiger partial charge in [-0.25, -0.2) is 0 Å². The minimum absolute atomic E-state index is 0.0487. The molecule has 1 aliphatic rings. The van der Waals surface area contributed by atoms with E-state index in [9.17, 15) is 9.59 Å². The minimum atomic E-state index is -0.773. The molecule has 3 rings (SSSR count). The number of hydrogen-bond acceptors (Lipinski definition) is 3. The summed E-state index contributed by atoms with van der Waals surface area (Å²) in [7, 11) is 0. The predicted molar refractivity (Wildman–Crippen MR) is 84.0 cm³/mol. The average molecular weight is 313 g/mol. The molecule has 0 unspecified atom stereocenters. The summed E-state index contributed by atoms with van der Waals surface area (Å²) in [6, 6.07) is 9.22. The highest BCUT2D eigenvalue weighted by Crippen LogP contribution is 2.25. The third-order valence-electron chi connectivity index (χ3n) is 4.24. The Bertz CT molecular complexity index is 680. The predicted octanol–water partition coefficient (Wildman–Crippen LogP) is 1.91. The normalized spacial score (nSPS) is 20.3. The molecule has 1 saturated carbocycles. The Balaban J connectivity index is 1.56. The Morgan fingerprint density at radius 3 is 2.65 bits per heavy atom. The van der Waals surface area contributed by atoms with Crippen molar-refractivity contribution in [2.75, 3.05) is 0 Å². The van der Waals surface area contributed by atoms with E-state index >= 15 is 0 Å². The number of hydrogen-bond donors (Lipinski definition) is 2. The molecule has 23 heavy (non-hydrogen) atoms. The summed E-state index contributed by atoms with van der Waals surface area (Å²) in [5.41, 5.74) is 1.66. The average Bonchev–Trinajstić information content (AvgIpc) is 3.19. The van der Waals surface area contributed by atoms with Gasteiger partial charge in [0.1, 0.15) is 0 Å². The fourth-order valence-electron chi connectivity index (χ4n) is 2.95. The first-order valence-corrected chi connectivity index (χ1v) is 7.72. The lowest BCUT2D eigenvalue weighted by atomic mass is 10.1. The van der Waals surface area contributed by atoms with Crippen LogP contribution in [0.25, 0.3) is 0 Å². The Kier molecular flexibility index (Phi) is 4.41. The fraction of sp³-hybridized carbons (Fsp3) is 0.353. The van der Waals surface area contributed by atoms with Gasteiger partial charge in [-0.05, 0) is 43.0 Å². The summed E-state index contributed by atoms with van der Waals surface area (Å²) in [6.07, 6.45) is 5.48. The molecule has 1 aliphatic carbocycles. The van der Waals surface area contributed by atoms with Gasteiger partial charge < -0.3 is 10.4 Å². The quantitative estimate of drug-likeness (QED) is 0.883.